The molecule has 0 aliphatic carbocycles. The van der Waals surface area contributed by atoms with E-state index in [-0.39, 0.29) is 10.9 Å². The van der Waals surface area contributed by atoms with Gasteiger partial charge in [-0.1, -0.05) is 78.9 Å². The molecule has 0 amide bonds. The summed E-state index contributed by atoms with van der Waals surface area (Å²) in [5, 5.41) is 11.1. The Hall–Kier alpha value is -4.04. The predicted molar refractivity (Wildman–Crippen MR) is 126 cm³/mol. The van der Waals surface area contributed by atoms with Crippen LogP contribution in [-0.2, 0) is 0 Å². The molecule has 0 aliphatic rings. The van der Waals surface area contributed by atoms with Crippen molar-refractivity contribution in [3.05, 3.63) is 105 Å². The van der Waals surface area contributed by atoms with E-state index in [0.29, 0.717) is 0 Å². The molecule has 0 N–H and O–H groups in total. The van der Waals surface area contributed by atoms with Crippen molar-refractivity contribution in [2.45, 2.75) is 0 Å². The van der Waals surface area contributed by atoms with Gasteiger partial charge in [0.25, 0.3) is 0 Å². The lowest BCUT2D eigenvalue weighted by Crippen LogP contribution is -1.95. The molecule has 7 rings (SSSR count). The molecule has 0 spiro atoms. The Morgan fingerprint density at radius 2 is 0.800 bits per heavy atom. The monoisotopic (exact) mass is 382 g/mol. The second kappa shape index (κ2) is 5.31. The fourth-order valence-electron chi connectivity index (χ4n) is 5.26. The summed E-state index contributed by atoms with van der Waals surface area (Å²) in [5.41, 5.74) is 0.152. The molecule has 0 aromatic heterocycles. The number of hydrogen-bond acceptors (Lipinski definition) is 2. The van der Waals surface area contributed by atoms with E-state index in [9.17, 15) is 9.59 Å². The molecule has 0 atom stereocenters. The lowest BCUT2D eigenvalue weighted by Gasteiger charge is -2.07. The van der Waals surface area contributed by atoms with Crippen LogP contribution in [0.1, 0.15) is 0 Å². The van der Waals surface area contributed by atoms with Crippen LogP contribution in [0, 0.1) is 0 Å². The maximum Gasteiger partial charge on any atom is 0.194 e. The first kappa shape index (κ1) is 15.8. The fraction of sp³-hybridized carbons (Fsp3) is 0. The summed E-state index contributed by atoms with van der Waals surface area (Å²) in [4.78, 5) is 26.3. The van der Waals surface area contributed by atoms with Gasteiger partial charge in [0, 0.05) is 26.9 Å². The van der Waals surface area contributed by atoms with Crippen LogP contribution in [-0.4, -0.2) is 0 Å². The Labute approximate surface area is 170 Å². The van der Waals surface area contributed by atoms with Gasteiger partial charge in [-0.25, -0.2) is 0 Å². The number of benzene rings is 5. The summed E-state index contributed by atoms with van der Waals surface area (Å²) in [5.74, 6) is 0. The molecule has 0 saturated carbocycles. The van der Waals surface area contributed by atoms with Crippen molar-refractivity contribution in [2.75, 3.05) is 0 Å². The van der Waals surface area contributed by atoms with Crippen LogP contribution in [0.3, 0.4) is 0 Å². The van der Waals surface area contributed by atoms with Crippen molar-refractivity contribution in [1.29, 1.82) is 0 Å². The second-order valence-electron chi connectivity index (χ2n) is 7.98. The average molecular weight is 382 g/mol. The molecule has 0 unspecified atom stereocenters. The Kier molecular flexibility index (Phi) is 2.80. The van der Waals surface area contributed by atoms with Crippen molar-refractivity contribution in [1.82, 2.24) is 0 Å². The zero-order valence-corrected chi connectivity index (χ0v) is 15.9. The summed E-state index contributed by atoms with van der Waals surface area (Å²) in [6, 6.07) is 27.8. The standard InChI is InChI=1S/C28H14O2/c29-27-22-8-4-2-6-17(22)25-23(27)12-10-15-9-11-20-19(24(15)25)14-13-18-16-5-1-3-7-21(16)28(30)26(18)20/h1-14H. The van der Waals surface area contributed by atoms with Crippen LogP contribution in [0.2, 0.25) is 0 Å². The van der Waals surface area contributed by atoms with E-state index in [1.807, 2.05) is 60.7 Å². The van der Waals surface area contributed by atoms with Crippen molar-refractivity contribution in [3.63, 3.8) is 0 Å². The highest BCUT2D eigenvalue weighted by Gasteiger charge is 2.17. The first-order chi connectivity index (χ1) is 14.7. The maximum absolute atomic E-state index is 13.3. The summed E-state index contributed by atoms with van der Waals surface area (Å²) in [7, 11) is 0. The van der Waals surface area contributed by atoms with Crippen molar-refractivity contribution in [2.24, 2.45) is 0 Å². The summed E-state index contributed by atoms with van der Waals surface area (Å²) >= 11 is 0. The van der Waals surface area contributed by atoms with E-state index >= 15 is 0 Å². The maximum atomic E-state index is 13.3. The van der Waals surface area contributed by atoms with Gasteiger partial charge in [-0.15, -0.1) is 0 Å². The van der Waals surface area contributed by atoms with Crippen LogP contribution in [0.5, 0.6) is 0 Å². The van der Waals surface area contributed by atoms with Crippen molar-refractivity contribution in [3.8, 4) is 0 Å². The van der Waals surface area contributed by atoms with Crippen LogP contribution in [0.25, 0.3) is 64.6 Å². The van der Waals surface area contributed by atoms with Gasteiger partial charge in [-0.05, 0) is 43.8 Å². The van der Waals surface area contributed by atoms with Crippen LogP contribution < -0.4 is 10.9 Å². The molecule has 0 bridgehead atoms. The van der Waals surface area contributed by atoms with Gasteiger partial charge in [0.1, 0.15) is 0 Å². The van der Waals surface area contributed by atoms with E-state index in [0.717, 1.165) is 64.6 Å². The normalized spacial score (nSPS) is 12.3. The van der Waals surface area contributed by atoms with E-state index < -0.39 is 0 Å². The molecule has 0 heterocycles. The Morgan fingerprint density at radius 1 is 0.333 bits per heavy atom. The average Bonchev–Trinajstić information content (AvgIpc) is 3.26. The lowest BCUT2D eigenvalue weighted by molar-refractivity contribution is 1.80. The third kappa shape index (κ3) is 1.75. The highest BCUT2D eigenvalue weighted by atomic mass is 16.1. The highest BCUT2D eigenvalue weighted by molar-refractivity contribution is 6.32. The molecule has 0 fully saturated rings. The molecule has 7 aromatic carbocycles. The van der Waals surface area contributed by atoms with Gasteiger partial charge in [0.2, 0.25) is 0 Å². The summed E-state index contributed by atoms with van der Waals surface area (Å²) < 4.78 is 0. The minimum Gasteiger partial charge on any atom is -0.289 e. The van der Waals surface area contributed by atoms with Gasteiger partial charge < -0.3 is 0 Å². The SMILES string of the molecule is O=c1c2ccccc2c2c1ccc1ccc3c(ccc4c5ccccc5c(=O)c43)c12. The van der Waals surface area contributed by atoms with E-state index in [1.165, 1.54) is 0 Å². The smallest absolute Gasteiger partial charge is 0.194 e. The summed E-state index contributed by atoms with van der Waals surface area (Å²) in [6.07, 6.45) is 0. The zero-order valence-electron chi connectivity index (χ0n) is 15.9. The van der Waals surface area contributed by atoms with Gasteiger partial charge in [0.05, 0.1) is 0 Å². The third-order valence-corrected chi connectivity index (χ3v) is 6.56. The first-order valence-electron chi connectivity index (χ1n) is 10.0. The second-order valence-corrected chi connectivity index (χ2v) is 7.98. The molecule has 7 aromatic rings. The molecule has 138 valence electrons. The van der Waals surface area contributed by atoms with Crippen LogP contribution >= 0.6 is 0 Å². The zero-order chi connectivity index (χ0) is 20.0. The number of fused-ring (bicyclic) bond motifs is 11. The van der Waals surface area contributed by atoms with Gasteiger partial charge in [-0.3, -0.25) is 9.59 Å². The summed E-state index contributed by atoms with van der Waals surface area (Å²) in [6.45, 7) is 0. The minimum absolute atomic E-state index is 0.0733. The lowest BCUT2D eigenvalue weighted by atomic mass is 9.95. The third-order valence-electron chi connectivity index (χ3n) is 6.56. The van der Waals surface area contributed by atoms with E-state index in [4.69, 9.17) is 0 Å². The molecule has 0 aliphatic heterocycles. The first-order valence-corrected chi connectivity index (χ1v) is 10.0. The Bertz CT molecular complexity index is 1930. The highest BCUT2D eigenvalue weighted by Crippen LogP contribution is 2.38. The molecule has 30 heavy (non-hydrogen) atoms. The quantitative estimate of drug-likeness (QED) is 0.293. The van der Waals surface area contributed by atoms with Crippen molar-refractivity contribution >= 4 is 64.6 Å². The van der Waals surface area contributed by atoms with Crippen molar-refractivity contribution < 1.29 is 0 Å². The number of rotatable bonds is 0. The fourth-order valence-corrected chi connectivity index (χ4v) is 5.26. The van der Waals surface area contributed by atoms with Crippen LogP contribution in [0.15, 0.2) is 94.5 Å². The Morgan fingerprint density at radius 3 is 1.53 bits per heavy atom. The molecule has 2 heteroatoms. The van der Waals surface area contributed by atoms with Crippen LogP contribution in [0.4, 0.5) is 0 Å². The predicted octanol–water partition coefficient (Wildman–Crippen LogP) is 6.20. The topological polar surface area (TPSA) is 34.1 Å². The molecular formula is C28H14O2. The Balaban J connectivity index is 1.82. The largest absolute Gasteiger partial charge is 0.289 e. The van der Waals surface area contributed by atoms with E-state index in [1.54, 1.807) is 0 Å². The minimum atomic E-state index is 0.0733. The van der Waals surface area contributed by atoms with Gasteiger partial charge in [0.15, 0.2) is 10.9 Å². The molecule has 2 nitrogen and oxygen atoms in total. The van der Waals surface area contributed by atoms with Gasteiger partial charge >= 0.3 is 0 Å². The number of hydrogen-bond donors (Lipinski definition) is 0. The van der Waals surface area contributed by atoms with Gasteiger partial charge in [-0.2, -0.15) is 0 Å². The molecule has 0 saturated heterocycles. The van der Waals surface area contributed by atoms with E-state index in [2.05, 4.69) is 24.3 Å². The molecular weight excluding hydrogens is 368 g/mol. The molecule has 0 radical (unpaired) electrons.